The van der Waals surface area contributed by atoms with E-state index in [1.165, 1.54) is 30.0 Å². The maximum absolute atomic E-state index is 12.7. The standard InChI is InChI=1S/C27H27F3N6O/c28-27(29,30)37-24-9-5-4-8-19(24)15-32-26-33-16-20(14-31)25(35-26)34-21-12-22-10-11-23(13-21)36(22)17-18-6-2-1-3-7-18/h1-9,16,21-23H,10-13,15,17H2,(H2,32,33,34,35)/t21-,22+,23-. The van der Waals surface area contributed by atoms with Crippen LogP contribution in [0, 0.1) is 11.3 Å². The van der Waals surface area contributed by atoms with Crippen LogP contribution in [0.5, 0.6) is 5.75 Å². The minimum absolute atomic E-state index is 0.0274. The maximum Gasteiger partial charge on any atom is 0.573 e. The van der Waals surface area contributed by atoms with E-state index in [1.54, 1.807) is 6.07 Å². The van der Waals surface area contributed by atoms with Crippen molar-refractivity contribution in [1.82, 2.24) is 14.9 Å². The van der Waals surface area contributed by atoms with Gasteiger partial charge in [0.1, 0.15) is 23.2 Å². The van der Waals surface area contributed by atoms with Crippen LogP contribution < -0.4 is 15.4 Å². The number of nitrogens with one attached hydrogen (secondary N) is 2. The zero-order valence-corrected chi connectivity index (χ0v) is 20.1. The summed E-state index contributed by atoms with van der Waals surface area (Å²) in [5.41, 5.74) is 1.95. The minimum Gasteiger partial charge on any atom is -0.405 e. The van der Waals surface area contributed by atoms with Crippen LogP contribution in [0.25, 0.3) is 0 Å². The average Bonchev–Trinajstić information content (AvgIpc) is 3.10. The monoisotopic (exact) mass is 508 g/mol. The summed E-state index contributed by atoms with van der Waals surface area (Å²) in [5.74, 6) is 0.362. The molecular weight excluding hydrogens is 481 g/mol. The Morgan fingerprint density at radius 2 is 1.73 bits per heavy atom. The molecule has 2 saturated heterocycles. The van der Waals surface area contributed by atoms with Crippen LogP contribution in [0.15, 0.2) is 60.8 Å². The summed E-state index contributed by atoms with van der Waals surface area (Å²) in [5, 5.41) is 16.0. The SMILES string of the molecule is N#Cc1cnc(NCc2ccccc2OC(F)(F)F)nc1N[C@H]1C[C@H]2CC[C@@H](C1)N2Cc1ccccc1. The molecule has 10 heteroatoms. The van der Waals surface area contributed by atoms with Crippen molar-refractivity contribution >= 4 is 11.8 Å². The highest BCUT2D eigenvalue weighted by molar-refractivity contribution is 5.54. The molecule has 2 aliphatic heterocycles. The Labute approximate surface area is 213 Å². The molecule has 2 bridgehead atoms. The van der Waals surface area contributed by atoms with Crippen molar-refractivity contribution < 1.29 is 17.9 Å². The van der Waals surface area contributed by atoms with E-state index in [2.05, 4.69) is 60.6 Å². The molecule has 3 heterocycles. The minimum atomic E-state index is -4.78. The predicted octanol–water partition coefficient (Wildman–Crippen LogP) is 5.47. The molecular formula is C27H27F3N6O. The molecule has 0 spiro atoms. The van der Waals surface area contributed by atoms with Gasteiger partial charge in [-0.25, -0.2) is 4.98 Å². The van der Waals surface area contributed by atoms with Gasteiger partial charge in [0.15, 0.2) is 0 Å². The Morgan fingerprint density at radius 3 is 2.43 bits per heavy atom. The molecule has 2 N–H and O–H groups in total. The maximum atomic E-state index is 12.7. The van der Waals surface area contributed by atoms with Crippen LogP contribution in [0.1, 0.15) is 42.4 Å². The summed E-state index contributed by atoms with van der Waals surface area (Å²) in [6.45, 7) is 0.965. The third kappa shape index (κ3) is 6.12. The van der Waals surface area contributed by atoms with Crippen LogP contribution in [-0.4, -0.2) is 39.4 Å². The molecule has 192 valence electrons. The van der Waals surface area contributed by atoms with Gasteiger partial charge in [0.2, 0.25) is 5.95 Å². The number of piperidine rings is 1. The molecule has 3 atom stereocenters. The smallest absolute Gasteiger partial charge is 0.405 e. The van der Waals surface area contributed by atoms with E-state index in [9.17, 15) is 18.4 Å². The third-order valence-electron chi connectivity index (χ3n) is 6.98. The van der Waals surface area contributed by atoms with E-state index in [0.717, 1.165) is 32.2 Å². The summed E-state index contributed by atoms with van der Waals surface area (Å²) < 4.78 is 42.3. The summed E-state index contributed by atoms with van der Waals surface area (Å²) >= 11 is 0. The van der Waals surface area contributed by atoms with E-state index in [0.29, 0.717) is 29.0 Å². The fourth-order valence-electron chi connectivity index (χ4n) is 5.35. The summed E-state index contributed by atoms with van der Waals surface area (Å²) in [6.07, 6.45) is 0.836. The molecule has 0 amide bonds. The number of hydrogen-bond donors (Lipinski definition) is 2. The Kier molecular flexibility index (Phi) is 7.15. The molecule has 1 aromatic heterocycles. The molecule has 2 aromatic carbocycles. The van der Waals surface area contributed by atoms with Gasteiger partial charge in [0.05, 0.1) is 6.20 Å². The number of anilines is 2. The number of hydrogen-bond acceptors (Lipinski definition) is 7. The molecule has 5 rings (SSSR count). The second kappa shape index (κ2) is 10.6. The van der Waals surface area contributed by atoms with E-state index in [1.807, 2.05) is 6.07 Å². The van der Waals surface area contributed by atoms with Crippen molar-refractivity contribution in [3.8, 4) is 11.8 Å². The van der Waals surface area contributed by atoms with Gasteiger partial charge in [-0.15, -0.1) is 13.2 Å². The number of nitrogens with zero attached hydrogens (tertiary/aromatic N) is 4. The number of rotatable bonds is 8. The Morgan fingerprint density at radius 1 is 1.03 bits per heavy atom. The number of aromatic nitrogens is 2. The van der Waals surface area contributed by atoms with Gasteiger partial charge in [-0.05, 0) is 37.3 Å². The molecule has 0 radical (unpaired) electrons. The van der Waals surface area contributed by atoms with E-state index < -0.39 is 6.36 Å². The average molecular weight is 509 g/mol. The highest BCUT2D eigenvalue weighted by atomic mass is 19.4. The number of benzene rings is 2. The summed E-state index contributed by atoms with van der Waals surface area (Å²) in [6, 6.07) is 19.6. The Bertz CT molecular complexity index is 1250. The summed E-state index contributed by atoms with van der Waals surface area (Å²) in [4.78, 5) is 11.2. The van der Waals surface area contributed by atoms with Crippen molar-refractivity contribution in [1.29, 1.82) is 5.26 Å². The number of para-hydroxylation sites is 1. The molecule has 0 saturated carbocycles. The highest BCUT2D eigenvalue weighted by Crippen LogP contribution is 2.38. The lowest BCUT2D eigenvalue weighted by molar-refractivity contribution is -0.274. The van der Waals surface area contributed by atoms with Gasteiger partial charge in [0.25, 0.3) is 0 Å². The van der Waals surface area contributed by atoms with Gasteiger partial charge < -0.3 is 15.4 Å². The van der Waals surface area contributed by atoms with Crippen molar-refractivity contribution in [2.75, 3.05) is 10.6 Å². The Hall–Kier alpha value is -3.84. The molecule has 37 heavy (non-hydrogen) atoms. The van der Waals surface area contributed by atoms with Crippen LogP contribution in [0.3, 0.4) is 0 Å². The fraction of sp³-hybridized carbons (Fsp3) is 0.370. The normalized spacial score (nSPS) is 21.3. The molecule has 0 unspecified atom stereocenters. The van der Waals surface area contributed by atoms with Crippen LogP contribution in [-0.2, 0) is 13.1 Å². The first-order chi connectivity index (χ1) is 17.9. The topological polar surface area (TPSA) is 86.1 Å². The Balaban J connectivity index is 1.24. The van der Waals surface area contributed by atoms with Crippen molar-refractivity contribution in [3.05, 3.63) is 77.5 Å². The number of halogens is 3. The number of ether oxygens (including phenoxy) is 1. The first kappa shape index (κ1) is 24.8. The number of fused-ring (bicyclic) bond motifs is 2. The van der Waals surface area contributed by atoms with Crippen LogP contribution in [0.4, 0.5) is 24.9 Å². The second-order valence-electron chi connectivity index (χ2n) is 9.43. The van der Waals surface area contributed by atoms with Gasteiger partial charge in [0, 0.05) is 36.8 Å². The zero-order valence-electron chi connectivity index (χ0n) is 20.1. The fourth-order valence-corrected chi connectivity index (χ4v) is 5.35. The first-order valence-corrected chi connectivity index (χ1v) is 12.3. The summed E-state index contributed by atoms with van der Waals surface area (Å²) in [7, 11) is 0. The van der Waals surface area contributed by atoms with E-state index >= 15 is 0 Å². The van der Waals surface area contributed by atoms with Gasteiger partial charge >= 0.3 is 6.36 Å². The third-order valence-corrected chi connectivity index (χ3v) is 6.98. The lowest BCUT2D eigenvalue weighted by Gasteiger charge is -2.39. The van der Waals surface area contributed by atoms with Crippen molar-refractivity contribution in [2.45, 2.75) is 63.3 Å². The van der Waals surface area contributed by atoms with Crippen LogP contribution in [0.2, 0.25) is 0 Å². The van der Waals surface area contributed by atoms with E-state index in [4.69, 9.17) is 0 Å². The zero-order chi connectivity index (χ0) is 25.8. The molecule has 3 aromatic rings. The van der Waals surface area contributed by atoms with Crippen molar-refractivity contribution in [2.24, 2.45) is 0 Å². The molecule has 2 aliphatic rings. The lowest BCUT2D eigenvalue weighted by Crippen LogP contribution is -2.46. The molecule has 7 nitrogen and oxygen atoms in total. The van der Waals surface area contributed by atoms with Gasteiger partial charge in [-0.3, -0.25) is 4.90 Å². The van der Waals surface area contributed by atoms with Gasteiger partial charge in [-0.1, -0.05) is 48.5 Å². The van der Waals surface area contributed by atoms with Crippen LogP contribution >= 0.6 is 0 Å². The molecule has 0 aliphatic carbocycles. The predicted molar refractivity (Wildman–Crippen MR) is 133 cm³/mol. The molecule has 2 fully saturated rings. The first-order valence-electron chi connectivity index (χ1n) is 12.3. The number of nitriles is 1. The van der Waals surface area contributed by atoms with E-state index in [-0.39, 0.29) is 24.3 Å². The van der Waals surface area contributed by atoms with Gasteiger partial charge in [-0.2, -0.15) is 10.2 Å². The largest absolute Gasteiger partial charge is 0.573 e. The lowest BCUT2D eigenvalue weighted by atomic mass is 9.96. The number of alkyl halides is 3. The highest BCUT2D eigenvalue weighted by Gasteiger charge is 2.40. The second-order valence-corrected chi connectivity index (χ2v) is 9.43. The quantitative estimate of drug-likeness (QED) is 0.418. The van der Waals surface area contributed by atoms with Crippen molar-refractivity contribution in [3.63, 3.8) is 0 Å².